The van der Waals surface area contributed by atoms with Crippen molar-refractivity contribution in [2.45, 2.75) is 0 Å². The van der Waals surface area contributed by atoms with Gasteiger partial charge in [0.15, 0.2) is 0 Å². The quantitative estimate of drug-likeness (QED) is 0.440. The third kappa shape index (κ3) is 1.89. The van der Waals surface area contributed by atoms with Crippen LogP contribution in [0.15, 0.2) is 41.2 Å². The number of rotatable bonds is 2. The van der Waals surface area contributed by atoms with Crippen LogP contribution in [0.5, 0.6) is 0 Å². The molecule has 8 heteroatoms. The monoisotopic (exact) mass is 285 g/mol. The van der Waals surface area contributed by atoms with E-state index in [1.807, 2.05) is 0 Å². The maximum atomic E-state index is 12.0. The van der Waals surface area contributed by atoms with Crippen molar-refractivity contribution in [2.75, 3.05) is 0 Å². The van der Waals surface area contributed by atoms with E-state index in [-0.39, 0.29) is 27.5 Å². The van der Waals surface area contributed by atoms with Gasteiger partial charge in [0.2, 0.25) is 0 Å². The fourth-order valence-electron chi connectivity index (χ4n) is 2.32. The summed E-state index contributed by atoms with van der Waals surface area (Å²) in [5.74, 6) is 0. The molecule has 104 valence electrons. The van der Waals surface area contributed by atoms with Gasteiger partial charge in [-0.1, -0.05) is 6.07 Å². The number of nitro groups is 2. The summed E-state index contributed by atoms with van der Waals surface area (Å²) in [4.78, 5) is 35.3. The van der Waals surface area contributed by atoms with Gasteiger partial charge in [-0.05, 0) is 12.1 Å². The summed E-state index contributed by atoms with van der Waals surface area (Å²) in [5, 5.41) is 22.5. The molecular weight excluding hydrogens is 278 g/mol. The predicted molar refractivity (Wildman–Crippen MR) is 75.4 cm³/mol. The lowest BCUT2D eigenvalue weighted by molar-refractivity contribution is -0.384. The molecule has 0 saturated heterocycles. The molecule has 3 aromatic rings. The molecule has 0 aliphatic carbocycles. The Morgan fingerprint density at radius 1 is 0.952 bits per heavy atom. The second-order valence-corrected chi connectivity index (χ2v) is 4.40. The van der Waals surface area contributed by atoms with Crippen molar-refractivity contribution in [3.63, 3.8) is 0 Å². The van der Waals surface area contributed by atoms with Crippen LogP contribution in [0.25, 0.3) is 21.7 Å². The van der Waals surface area contributed by atoms with E-state index in [0.29, 0.717) is 5.52 Å². The van der Waals surface area contributed by atoms with E-state index >= 15 is 0 Å². The van der Waals surface area contributed by atoms with Crippen LogP contribution in [0, 0.1) is 20.2 Å². The number of nitrogens with one attached hydrogen (secondary N) is 1. The summed E-state index contributed by atoms with van der Waals surface area (Å²) in [6.07, 6.45) is 0. The molecule has 0 fully saturated rings. The Kier molecular flexibility index (Phi) is 2.65. The van der Waals surface area contributed by atoms with Crippen LogP contribution < -0.4 is 5.56 Å². The second kappa shape index (κ2) is 4.37. The number of non-ortho nitro benzene ring substituents is 2. The van der Waals surface area contributed by atoms with Crippen molar-refractivity contribution < 1.29 is 9.85 Å². The van der Waals surface area contributed by atoms with Gasteiger partial charge in [-0.3, -0.25) is 25.0 Å². The summed E-state index contributed by atoms with van der Waals surface area (Å²) in [6.45, 7) is 0. The Morgan fingerprint density at radius 2 is 1.71 bits per heavy atom. The van der Waals surface area contributed by atoms with Crippen LogP contribution in [0.3, 0.4) is 0 Å². The van der Waals surface area contributed by atoms with Crippen molar-refractivity contribution in [1.82, 2.24) is 4.98 Å². The van der Waals surface area contributed by atoms with E-state index in [4.69, 9.17) is 0 Å². The number of aromatic amines is 1. The zero-order valence-corrected chi connectivity index (χ0v) is 10.4. The smallest absolute Gasteiger partial charge is 0.278 e. The second-order valence-electron chi connectivity index (χ2n) is 4.40. The molecule has 2 aromatic carbocycles. The largest absolute Gasteiger partial charge is 0.321 e. The Balaban J connectivity index is 2.60. The van der Waals surface area contributed by atoms with Gasteiger partial charge in [-0.2, -0.15) is 0 Å². The number of fused-ring (bicyclic) bond motifs is 3. The molecule has 0 spiro atoms. The summed E-state index contributed by atoms with van der Waals surface area (Å²) < 4.78 is 0. The average Bonchev–Trinajstić information content (AvgIpc) is 2.46. The topological polar surface area (TPSA) is 119 Å². The van der Waals surface area contributed by atoms with Crippen molar-refractivity contribution >= 4 is 33.1 Å². The first-order valence-electron chi connectivity index (χ1n) is 5.86. The van der Waals surface area contributed by atoms with Crippen molar-refractivity contribution in [3.05, 3.63) is 67.0 Å². The van der Waals surface area contributed by atoms with Crippen LogP contribution in [0.4, 0.5) is 11.4 Å². The van der Waals surface area contributed by atoms with Crippen molar-refractivity contribution in [2.24, 2.45) is 0 Å². The van der Waals surface area contributed by atoms with E-state index in [9.17, 15) is 25.0 Å². The minimum Gasteiger partial charge on any atom is -0.321 e. The Morgan fingerprint density at radius 3 is 2.38 bits per heavy atom. The summed E-state index contributed by atoms with van der Waals surface area (Å²) in [6, 6.07) is 7.93. The zero-order valence-electron chi connectivity index (χ0n) is 10.4. The van der Waals surface area contributed by atoms with Crippen molar-refractivity contribution in [3.8, 4) is 0 Å². The molecule has 21 heavy (non-hydrogen) atoms. The molecule has 0 bridgehead atoms. The van der Waals surface area contributed by atoms with Gasteiger partial charge in [0.05, 0.1) is 20.6 Å². The number of hydrogen-bond donors (Lipinski definition) is 1. The molecule has 0 aliphatic heterocycles. The molecule has 0 radical (unpaired) electrons. The fourth-order valence-corrected chi connectivity index (χ4v) is 2.32. The molecule has 3 rings (SSSR count). The molecule has 1 N–H and O–H groups in total. The average molecular weight is 285 g/mol. The van der Waals surface area contributed by atoms with Gasteiger partial charge in [-0.25, -0.2) is 0 Å². The summed E-state index contributed by atoms with van der Waals surface area (Å²) in [5.41, 5.74) is -0.624. The van der Waals surface area contributed by atoms with Crippen LogP contribution >= 0.6 is 0 Å². The first-order valence-corrected chi connectivity index (χ1v) is 5.86. The normalized spacial score (nSPS) is 10.9. The third-order valence-electron chi connectivity index (χ3n) is 3.22. The first kappa shape index (κ1) is 12.7. The molecule has 0 unspecified atom stereocenters. The summed E-state index contributed by atoms with van der Waals surface area (Å²) in [7, 11) is 0. The molecule has 1 heterocycles. The van der Waals surface area contributed by atoms with Crippen molar-refractivity contribution in [1.29, 1.82) is 0 Å². The van der Waals surface area contributed by atoms with E-state index in [2.05, 4.69) is 4.98 Å². The molecular formula is C13H7N3O5. The zero-order chi connectivity index (χ0) is 15.1. The predicted octanol–water partition coefficient (Wildman–Crippen LogP) is 2.50. The van der Waals surface area contributed by atoms with Gasteiger partial charge >= 0.3 is 0 Å². The van der Waals surface area contributed by atoms with E-state index in [0.717, 1.165) is 0 Å². The molecule has 1 aromatic heterocycles. The third-order valence-corrected chi connectivity index (χ3v) is 3.22. The molecule has 0 amide bonds. The van der Waals surface area contributed by atoms with E-state index in [1.54, 1.807) is 0 Å². The number of pyridine rings is 1. The molecule has 0 atom stereocenters. The van der Waals surface area contributed by atoms with Crippen LogP contribution in [0.2, 0.25) is 0 Å². The maximum Gasteiger partial charge on any atom is 0.278 e. The van der Waals surface area contributed by atoms with Gasteiger partial charge in [-0.15, -0.1) is 0 Å². The van der Waals surface area contributed by atoms with E-state index < -0.39 is 15.4 Å². The highest BCUT2D eigenvalue weighted by atomic mass is 16.6. The van der Waals surface area contributed by atoms with Crippen LogP contribution in [0.1, 0.15) is 0 Å². The lowest BCUT2D eigenvalue weighted by atomic mass is 10.0. The molecule has 0 saturated carbocycles. The Labute approximate surface area is 115 Å². The Hall–Kier alpha value is -3.29. The number of benzene rings is 2. The highest BCUT2D eigenvalue weighted by Gasteiger charge is 2.18. The van der Waals surface area contributed by atoms with Gasteiger partial charge in [0.1, 0.15) is 0 Å². The van der Waals surface area contributed by atoms with Crippen LogP contribution in [-0.4, -0.2) is 14.8 Å². The minimum atomic E-state index is -0.611. The highest BCUT2D eigenvalue weighted by molar-refractivity contribution is 6.10. The maximum absolute atomic E-state index is 12.0. The van der Waals surface area contributed by atoms with Gasteiger partial charge in [0, 0.05) is 29.1 Å². The standard InChI is InChI=1S/C13H7N3O5/c17-13-8-2-1-3-11(16(20)21)12(8)9-6-7(15(18)19)4-5-10(9)14-13/h1-6H,(H,14,17). The lowest BCUT2D eigenvalue weighted by Gasteiger charge is -2.04. The van der Waals surface area contributed by atoms with E-state index in [1.165, 1.54) is 36.4 Å². The number of aromatic nitrogens is 1. The first-order chi connectivity index (χ1) is 9.99. The fraction of sp³-hybridized carbons (Fsp3) is 0. The Bertz CT molecular complexity index is 977. The molecule has 0 aliphatic rings. The summed E-state index contributed by atoms with van der Waals surface area (Å²) >= 11 is 0. The van der Waals surface area contributed by atoms with Gasteiger partial charge in [0.25, 0.3) is 16.9 Å². The highest BCUT2D eigenvalue weighted by Crippen LogP contribution is 2.31. The number of hydrogen-bond acceptors (Lipinski definition) is 5. The number of nitro benzene ring substituents is 2. The SMILES string of the molecule is O=c1[nH]c2ccc([N+](=O)[O-])cc2c2c([N+](=O)[O-])cccc12. The lowest BCUT2D eigenvalue weighted by Crippen LogP contribution is -2.07. The number of nitrogens with zero attached hydrogens (tertiary/aromatic N) is 2. The van der Waals surface area contributed by atoms with Crippen LogP contribution in [-0.2, 0) is 0 Å². The molecule has 8 nitrogen and oxygen atoms in total. The minimum absolute atomic E-state index is 0.102. The number of H-pyrrole nitrogens is 1. The van der Waals surface area contributed by atoms with Gasteiger partial charge < -0.3 is 4.98 Å².